The molecule has 4 heterocycles. The van der Waals surface area contributed by atoms with Crippen molar-refractivity contribution in [3.63, 3.8) is 0 Å². The van der Waals surface area contributed by atoms with Gasteiger partial charge in [-0.05, 0) is 168 Å². The van der Waals surface area contributed by atoms with Gasteiger partial charge in [0.25, 0.3) is 0 Å². The topological polar surface area (TPSA) is 53.7 Å². The first-order valence-electron chi connectivity index (χ1n) is 29.1. The molecule has 402 valence electrons. The highest BCUT2D eigenvalue weighted by atomic mass is 16.5. The van der Waals surface area contributed by atoms with Crippen molar-refractivity contribution in [3.05, 3.63) is 231 Å². The molecule has 9 aromatic carbocycles. The summed E-state index contributed by atoms with van der Waals surface area (Å²) in [5, 5.41) is 0. The Hall–Kier alpha value is -9.54. The quantitative estimate of drug-likeness (QED) is 0.115. The smallest absolute Gasteiger partial charge is 0.249 e. The van der Waals surface area contributed by atoms with Crippen LogP contribution in [0.3, 0.4) is 0 Å². The first-order valence-corrected chi connectivity index (χ1v) is 29.1. The van der Waals surface area contributed by atoms with E-state index in [1.165, 1.54) is 73.5 Å². The normalized spacial score (nSPS) is 14.1. The van der Waals surface area contributed by atoms with E-state index in [1.807, 2.05) is 0 Å². The van der Waals surface area contributed by atoms with E-state index in [1.54, 1.807) is 0 Å². The van der Waals surface area contributed by atoms with Crippen LogP contribution >= 0.6 is 0 Å². The third kappa shape index (κ3) is 8.99. The molecular formula is C72H66N8O2+4. The van der Waals surface area contributed by atoms with Crippen LogP contribution in [-0.2, 0) is 28.2 Å². The van der Waals surface area contributed by atoms with Crippen LogP contribution in [-0.4, -0.2) is 18.3 Å². The van der Waals surface area contributed by atoms with Crippen molar-refractivity contribution in [3.8, 4) is 68.0 Å². The standard InChI is InChI=1S/C72H66N8O2/c1-73-45-77(69-25-13-9-21-65(69)73)57-33-53(49-17-5-6-18-49)37-61(41-57)81-63-39-55(35-59(43-63)79-47-75(3)67-23-11-15-27-71(67)79)51-29-31-52(32-30-51)56-36-60(80-48-76(4)68-24-12-16-28-72(68)80)44-64(40-56)82-62-38-54(50-19-7-8-20-50)34-58(42-62)78-46-74(2)66-22-10-14-26-70(66)78/h9-16,21-50H,5-8,17-20H2,1-4H3/q+4. The van der Waals surface area contributed by atoms with E-state index in [-0.39, 0.29) is 0 Å². The molecule has 0 N–H and O–H groups in total. The van der Waals surface area contributed by atoms with E-state index in [4.69, 9.17) is 9.47 Å². The Morgan fingerprint density at radius 3 is 0.902 bits per heavy atom. The van der Waals surface area contributed by atoms with E-state index in [2.05, 4.69) is 284 Å². The van der Waals surface area contributed by atoms with Crippen molar-refractivity contribution < 1.29 is 27.7 Å². The van der Waals surface area contributed by atoms with Crippen LogP contribution in [0.1, 0.15) is 74.3 Å². The fourth-order valence-corrected chi connectivity index (χ4v) is 13.5. The molecule has 10 heteroatoms. The summed E-state index contributed by atoms with van der Waals surface area (Å²) >= 11 is 0. The molecule has 0 spiro atoms. The summed E-state index contributed by atoms with van der Waals surface area (Å²) in [4.78, 5) is 0. The molecule has 0 amide bonds. The third-order valence-corrected chi connectivity index (χ3v) is 17.6. The van der Waals surface area contributed by atoms with Gasteiger partial charge in [0.2, 0.25) is 25.3 Å². The number of imidazole rings is 4. The lowest BCUT2D eigenvalue weighted by atomic mass is 9.96. The Balaban J connectivity index is 0.832. The van der Waals surface area contributed by atoms with Gasteiger partial charge in [0, 0.05) is 24.3 Å². The molecule has 2 aliphatic rings. The van der Waals surface area contributed by atoms with Gasteiger partial charge in [0.05, 0.1) is 28.2 Å². The summed E-state index contributed by atoms with van der Waals surface area (Å²) in [5.74, 6) is 4.21. The monoisotopic (exact) mass is 1070 g/mol. The molecule has 0 atom stereocenters. The van der Waals surface area contributed by atoms with Crippen molar-refractivity contribution in [2.45, 2.75) is 63.2 Å². The van der Waals surface area contributed by atoms with Gasteiger partial charge < -0.3 is 9.47 Å². The molecule has 0 unspecified atom stereocenters. The zero-order valence-electron chi connectivity index (χ0n) is 47.0. The average Bonchev–Trinajstić information content (AvgIpc) is 4.23. The van der Waals surface area contributed by atoms with Gasteiger partial charge in [-0.2, -0.15) is 18.3 Å². The first kappa shape index (κ1) is 49.5. The molecule has 2 aliphatic carbocycles. The average molecular weight is 1080 g/mol. The van der Waals surface area contributed by atoms with Crippen molar-refractivity contribution >= 4 is 44.1 Å². The number of aromatic nitrogens is 8. The number of para-hydroxylation sites is 8. The highest BCUT2D eigenvalue weighted by Gasteiger charge is 2.26. The van der Waals surface area contributed by atoms with E-state index in [0.29, 0.717) is 11.8 Å². The maximum atomic E-state index is 7.17. The molecule has 15 rings (SSSR count). The first-order chi connectivity index (χ1) is 40.2. The second-order valence-electron chi connectivity index (χ2n) is 23.0. The van der Waals surface area contributed by atoms with Crippen LogP contribution in [0.4, 0.5) is 0 Å². The van der Waals surface area contributed by atoms with Crippen molar-refractivity contribution in [1.29, 1.82) is 0 Å². The zero-order valence-corrected chi connectivity index (χ0v) is 47.0. The molecule has 2 saturated carbocycles. The third-order valence-electron chi connectivity index (χ3n) is 17.6. The number of fused-ring (bicyclic) bond motifs is 4. The Morgan fingerprint density at radius 1 is 0.305 bits per heavy atom. The van der Waals surface area contributed by atoms with Crippen LogP contribution in [0.5, 0.6) is 23.0 Å². The molecule has 82 heavy (non-hydrogen) atoms. The lowest BCUT2D eigenvalue weighted by Gasteiger charge is -2.16. The fourth-order valence-electron chi connectivity index (χ4n) is 13.5. The van der Waals surface area contributed by atoms with Gasteiger partial charge >= 0.3 is 0 Å². The number of nitrogens with zero attached hydrogens (tertiary/aromatic N) is 8. The number of rotatable bonds is 12. The highest BCUT2D eigenvalue weighted by Crippen LogP contribution is 2.42. The second-order valence-corrected chi connectivity index (χ2v) is 23.0. The molecule has 10 nitrogen and oxygen atoms in total. The summed E-state index contributed by atoms with van der Waals surface area (Å²) in [6.45, 7) is 0. The number of hydrogen-bond donors (Lipinski definition) is 0. The fraction of sp³-hybridized carbons (Fsp3) is 0.194. The molecule has 4 aromatic heterocycles. The van der Waals surface area contributed by atoms with E-state index < -0.39 is 0 Å². The van der Waals surface area contributed by atoms with Crippen LogP contribution in [0.25, 0.3) is 89.1 Å². The van der Waals surface area contributed by atoms with Gasteiger partial charge in [0.15, 0.2) is 44.1 Å². The van der Waals surface area contributed by atoms with E-state index >= 15 is 0 Å². The van der Waals surface area contributed by atoms with Crippen LogP contribution < -0.4 is 27.7 Å². The van der Waals surface area contributed by atoms with E-state index in [9.17, 15) is 0 Å². The number of aryl methyl sites for hydroxylation is 4. The minimum absolute atomic E-state index is 0.499. The molecule has 2 fully saturated rings. The van der Waals surface area contributed by atoms with Crippen molar-refractivity contribution in [1.82, 2.24) is 18.3 Å². The van der Waals surface area contributed by atoms with Crippen molar-refractivity contribution in [2.75, 3.05) is 0 Å². The van der Waals surface area contributed by atoms with Crippen molar-refractivity contribution in [2.24, 2.45) is 28.2 Å². The Morgan fingerprint density at radius 2 is 0.585 bits per heavy atom. The lowest BCUT2D eigenvalue weighted by molar-refractivity contribution is -0.645. The summed E-state index contributed by atoms with van der Waals surface area (Å²) in [5.41, 5.74) is 20.4. The van der Waals surface area contributed by atoms with Crippen LogP contribution in [0.2, 0.25) is 0 Å². The maximum absolute atomic E-state index is 7.17. The van der Waals surface area contributed by atoms with Gasteiger partial charge in [0.1, 0.15) is 45.7 Å². The predicted octanol–water partition coefficient (Wildman–Crippen LogP) is 15.0. The van der Waals surface area contributed by atoms with Gasteiger partial charge in [-0.3, -0.25) is 0 Å². The zero-order chi connectivity index (χ0) is 55.0. The summed E-state index contributed by atoms with van der Waals surface area (Å²) in [7, 11) is 8.46. The molecule has 0 radical (unpaired) electrons. The molecular weight excluding hydrogens is 1010 g/mol. The minimum Gasteiger partial charge on any atom is -0.457 e. The highest BCUT2D eigenvalue weighted by molar-refractivity contribution is 5.80. The molecule has 13 aromatic rings. The maximum Gasteiger partial charge on any atom is 0.249 e. The Kier molecular flexibility index (Phi) is 12.2. The van der Waals surface area contributed by atoms with Crippen LogP contribution in [0.15, 0.2) is 219 Å². The number of benzene rings is 9. The largest absolute Gasteiger partial charge is 0.457 e. The minimum atomic E-state index is 0.499. The summed E-state index contributed by atoms with van der Waals surface area (Å²) in [6.07, 6.45) is 18.5. The predicted molar refractivity (Wildman–Crippen MR) is 325 cm³/mol. The molecule has 0 saturated heterocycles. The van der Waals surface area contributed by atoms with Crippen LogP contribution in [0, 0.1) is 0 Å². The summed E-state index contributed by atoms with van der Waals surface area (Å²) < 4.78 is 32.3. The van der Waals surface area contributed by atoms with E-state index in [0.717, 1.165) is 101 Å². The van der Waals surface area contributed by atoms with Gasteiger partial charge in [-0.15, -0.1) is 0 Å². The molecule has 0 bridgehead atoms. The number of hydrogen-bond acceptors (Lipinski definition) is 2. The molecule has 0 aliphatic heterocycles. The Bertz CT molecular complexity index is 4310. The second kappa shape index (κ2) is 20.2. The SMILES string of the molecule is C[n+]1cn(-c2cc(Oc3cc(C4CCCC4)cc(-n4c[n+](C)c5ccccc54)c3)cc(-c3ccc(-c4cc(Oc5cc(C6CCCC6)cc(-n6c[n+](C)c7ccccc76)c5)cc(-n5c[n+](C)c6ccccc65)c4)cc3)c2)c2ccccc21. The van der Waals surface area contributed by atoms with Gasteiger partial charge in [-0.1, -0.05) is 98.5 Å². The number of ether oxygens (including phenoxy) is 2. The Labute approximate surface area is 477 Å². The van der Waals surface area contributed by atoms with Gasteiger partial charge in [-0.25, -0.2) is 18.3 Å². The lowest BCUT2D eigenvalue weighted by Crippen LogP contribution is -2.25. The summed E-state index contributed by atoms with van der Waals surface area (Å²) in [6, 6.07) is 70.5.